The Morgan fingerprint density at radius 3 is 2.75 bits per heavy atom. The SMILES string of the molecule is O=C1CC(=O)c2cc3ccccc3nc2C1. The van der Waals surface area contributed by atoms with E-state index in [0.29, 0.717) is 11.3 Å². The third-order valence-electron chi connectivity index (χ3n) is 2.83. The number of carbonyl (C=O) groups is 2. The molecule has 3 heteroatoms. The van der Waals surface area contributed by atoms with E-state index >= 15 is 0 Å². The van der Waals surface area contributed by atoms with Gasteiger partial charge < -0.3 is 0 Å². The number of hydrogen-bond donors (Lipinski definition) is 0. The van der Waals surface area contributed by atoms with E-state index in [4.69, 9.17) is 0 Å². The molecular formula is C13H9NO2. The largest absolute Gasteiger partial charge is 0.299 e. The lowest BCUT2D eigenvalue weighted by atomic mass is 9.93. The Kier molecular flexibility index (Phi) is 1.86. The Balaban J connectivity index is 2.30. The predicted molar refractivity (Wildman–Crippen MR) is 59.4 cm³/mol. The molecule has 0 saturated heterocycles. The van der Waals surface area contributed by atoms with E-state index in [1.165, 1.54) is 0 Å². The number of Topliss-reactive ketones (excluding diaryl/α,β-unsaturated/α-hetero) is 2. The molecule has 0 aliphatic heterocycles. The molecule has 0 unspecified atom stereocenters. The fourth-order valence-electron chi connectivity index (χ4n) is 2.06. The average molecular weight is 211 g/mol. The monoisotopic (exact) mass is 211 g/mol. The summed E-state index contributed by atoms with van der Waals surface area (Å²) < 4.78 is 0. The first-order chi connectivity index (χ1) is 7.74. The molecule has 0 bridgehead atoms. The molecule has 1 aromatic carbocycles. The summed E-state index contributed by atoms with van der Waals surface area (Å²) in [4.78, 5) is 27.4. The van der Waals surface area contributed by atoms with Gasteiger partial charge in [0.25, 0.3) is 0 Å². The van der Waals surface area contributed by atoms with E-state index in [1.807, 2.05) is 30.3 Å². The maximum atomic E-state index is 11.7. The average Bonchev–Trinajstić information content (AvgIpc) is 2.27. The second-order valence-electron chi connectivity index (χ2n) is 3.99. The molecule has 0 atom stereocenters. The van der Waals surface area contributed by atoms with E-state index in [0.717, 1.165) is 10.9 Å². The Hall–Kier alpha value is -2.03. The number of hydrogen-bond acceptors (Lipinski definition) is 3. The number of pyridine rings is 1. The van der Waals surface area contributed by atoms with Crippen LogP contribution in [0.25, 0.3) is 10.9 Å². The standard InChI is InChI=1S/C13H9NO2/c15-9-6-12-10(13(16)7-9)5-8-3-1-2-4-11(8)14-12/h1-5H,6-7H2. The summed E-state index contributed by atoms with van der Waals surface area (Å²) in [6.45, 7) is 0. The molecule has 0 N–H and O–H groups in total. The van der Waals surface area contributed by atoms with Crippen molar-refractivity contribution in [3.05, 3.63) is 41.6 Å². The highest BCUT2D eigenvalue weighted by Gasteiger charge is 2.24. The molecule has 0 spiro atoms. The third-order valence-corrected chi connectivity index (χ3v) is 2.83. The maximum Gasteiger partial charge on any atom is 0.172 e. The summed E-state index contributed by atoms with van der Waals surface area (Å²) in [5, 5.41) is 0.948. The minimum Gasteiger partial charge on any atom is -0.299 e. The molecule has 0 saturated carbocycles. The number of nitrogens with zero attached hydrogens (tertiary/aromatic N) is 1. The van der Waals surface area contributed by atoms with E-state index in [9.17, 15) is 9.59 Å². The molecule has 3 nitrogen and oxygen atoms in total. The second-order valence-corrected chi connectivity index (χ2v) is 3.99. The summed E-state index contributed by atoms with van der Waals surface area (Å²) in [6, 6.07) is 9.46. The van der Waals surface area contributed by atoms with Crippen molar-refractivity contribution in [1.82, 2.24) is 4.98 Å². The fourth-order valence-corrected chi connectivity index (χ4v) is 2.06. The zero-order valence-electron chi connectivity index (χ0n) is 8.56. The van der Waals surface area contributed by atoms with Gasteiger partial charge in [-0.15, -0.1) is 0 Å². The number of benzene rings is 1. The third kappa shape index (κ3) is 1.33. The zero-order valence-corrected chi connectivity index (χ0v) is 8.56. The molecular weight excluding hydrogens is 202 g/mol. The Morgan fingerprint density at radius 2 is 1.88 bits per heavy atom. The first kappa shape index (κ1) is 9.21. The van der Waals surface area contributed by atoms with Crippen LogP contribution in [0.5, 0.6) is 0 Å². The molecule has 2 aromatic rings. The Labute approximate surface area is 92.1 Å². The lowest BCUT2D eigenvalue weighted by Gasteiger charge is -2.13. The van der Waals surface area contributed by atoms with E-state index < -0.39 is 0 Å². The van der Waals surface area contributed by atoms with Crippen molar-refractivity contribution in [1.29, 1.82) is 0 Å². The van der Waals surface area contributed by atoms with Crippen LogP contribution in [-0.2, 0) is 11.2 Å². The topological polar surface area (TPSA) is 47.0 Å². The maximum absolute atomic E-state index is 11.7. The van der Waals surface area contributed by atoms with Crippen molar-refractivity contribution in [2.75, 3.05) is 0 Å². The predicted octanol–water partition coefficient (Wildman–Crippen LogP) is 1.93. The van der Waals surface area contributed by atoms with Gasteiger partial charge in [0.1, 0.15) is 5.78 Å². The second kappa shape index (κ2) is 3.23. The summed E-state index contributed by atoms with van der Waals surface area (Å²) >= 11 is 0. The highest BCUT2D eigenvalue weighted by molar-refractivity contribution is 6.13. The van der Waals surface area contributed by atoms with Gasteiger partial charge in [-0.2, -0.15) is 0 Å². The zero-order chi connectivity index (χ0) is 11.1. The molecule has 0 amide bonds. The van der Waals surface area contributed by atoms with Gasteiger partial charge in [-0.3, -0.25) is 14.6 Å². The first-order valence-electron chi connectivity index (χ1n) is 5.17. The van der Waals surface area contributed by atoms with Crippen molar-refractivity contribution in [2.45, 2.75) is 12.8 Å². The molecule has 0 fully saturated rings. The molecule has 1 heterocycles. The molecule has 3 rings (SSSR count). The van der Waals surface area contributed by atoms with Crippen LogP contribution in [-0.4, -0.2) is 16.6 Å². The summed E-state index contributed by atoms with van der Waals surface area (Å²) in [5.74, 6) is -0.148. The lowest BCUT2D eigenvalue weighted by molar-refractivity contribution is -0.117. The van der Waals surface area contributed by atoms with Gasteiger partial charge in [0.2, 0.25) is 0 Å². The fraction of sp³-hybridized carbons (Fsp3) is 0.154. The number of rotatable bonds is 0. The van der Waals surface area contributed by atoms with Crippen LogP contribution in [0.1, 0.15) is 22.5 Å². The van der Waals surface area contributed by atoms with Crippen molar-refractivity contribution in [3.8, 4) is 0 Å². The van der Waals surface area contributed by atoms with Gasteiger partial charge in [0.15, 0.2) is 5.78 Å². The van der Waals surface area contributed by atoms with Crippen molar-refractivity contribution in [3.63, 3.8) is 0 Å². The normalized spacial score (nSPS) is 15.2. The van der Waals surface area contributed by atoms with Crippen molar-refractivity contribution < 1.29 is 9.59 Å². The van der Waals surface area contributed by atoms with Crippen LogP contribution in [0.15, 0.2) is 30.3 Å². The van der Waals surface area contributed by atoms with Gasteiger partial charge in [-0.05, 0) is 12.1 Å². The van der Waals surface area contributed by atoms with Gasteiger partial charge in [-0.25, -0.2) is 0 Å². The van der Waals surface area contributed by atoms with E-state index in [2.05, 4.69) is 4.98 Å². The van der Waals surface area contributed by atoms with Gasteiger partial charge in [0, 0.05) is 17.4 Å². The van der Waals surface area contributed by atoms with Crippen LogP contribution in [0.4, 0.5) is 0 Å². The minimum atomic E-state index is -0.107. The highest BCUT2D eigenvalue weighted by atomic mass is 16.1. The molecule has 1 aromatic heterocycles. The molecule has 16 heavy (non-hydrogen) atoms. The number of fused-ring (bicyclic) bond motifs is 2. The molecule has 78 valence electrons. The highest BCUT2D eigenvalue weighted by Crippen LogP contribution is 2.22. The van der Waals surface area contributed by atoms with Crippen LogP contribution < -0.4 is 0 Å². The summed E-state index contributed by atoms with van der Waals surface area (Å²) in [7, 11) is 0. The number of ketones is 2. The quantitative estimate of drug-likeness (QED) is 0.625. The Morgan fingerprint density at radius 1 is 1.06 bits per heavy atom. The molecule has 1 aliphatic carbocycles. The van der Waals surface area contributed by atoms with Gasteiger partial charge in [0.05, 0.1) is 17.6 Å². The van der Waals surface area contributed by atoms with Crippen LogP contribution in [0, 0.1) is 0 Å². The van der Waals surface area contributed by atoms with Gasteiger partial charge in [-0.1, -0.05) is 18.2 Å². The summed E-state index contributed by atoms with van der Waals surface area (Å²) in [6.07, 6.45) is 0.304. The number of carbonyl (C=O) groups excluding carboxylic acids is 2. The smallest absolute Gasteiger partial charge is 0.172 e. The van der Waals surface area contributed by atoms with Crippen molar-refractivity contribution in [2.24, 2.45) is 0 Å². The van der Waals surface area contributed by atoms with Crippen LogP contribution in [0.2, 0.25) is 0 Å². The van der Waals surface area contributed by atoms with E-state index in [1.54, 1.807) is 0 Å². The molecule has 0 radical (unpaired) electrons. The minimum absolute atomic E-state index is 0.0209. The molecule has 1 aliphatic rings. The van der Waals surface area contributed by atoms with E-state index in [-0.39, 0.29) is 24.4 Å². The van der Waals surface area contributed by atoms with Gasteiger partial charge >= 0.3 is 0 Å². The first-order valence-corrected chi connectivity index (χ1v) is 5.17. The Bertz CT molecular complexity index is 616. The number of para-hydroxylation sites is 1. The van der Waals surface area contributed by atoms with Crippen molar-refractivity contribution >= 4 is 22.5 Å². The van der Waals surface area contributed by atoms with Crippen LogP contribution in [0.3, 0.4) is 0 Å². The lowest BCUT2D eigenvalue weighted by Crippen LogP contribution is -2.20. The van der Waals surface area contributed by atoms with Crippen LogP contribution >= 0.6 is 0 Å². The number of aromatic nitrogens is 1. The summed E-state index contributed by atoms with van der Waals surface area (Å²) in [5.41, 5.74) is 2.07.